The van der Waals surface area contributed by atoms with Crippen LogP contribution >= 0.6 is 22.7 Å². The second-order valence-corrected chi connectivity index (χ2v) is 20.1. The maximum absolute atomic E-state index is 5.64. The maximum Gasteiger partial charge on any atom is 0.238 e. The van der Waals surface area contributed by atoms with Gasteiger partial charge in [0.15, 0.2) is 11.6 Å². The molecule has 0 fully saturated rings. The van der Waals surface area contributed by atoms with Gasteiger partial charge in [0.05, 0.1) is 5.69 Å². The normalized spacial score (nSPS) is 14.3. The van der Waals surface area contributed by atoms with E-state index >= 15 is 0 Å². The molecule has 0 atom stereocenters. The van der Waals surface area contributed by atoms with Crippen molar-refractivity contribution in [3.05, 3.63) is 192 Å². The Labute approximate surface area is 373 Å². The van der Waals surface area contributed by atoms with E-state index in [0.717, 1.165) is 22.5 Å². The van der Waals surface area contributed by atoms with Gasteiger partial charge in [0.2, 0.25) is 5.95 Å². The van der Waals surface area contributed by atoms with Crippen molar-refractivity contribution in [3.63, 3.8) is 0 Å². The lowest BCUT2D eigenvalue weighted by molar-refractivity contribution is 0.660. The minimum Gasteiger partial charge on any atom is -0.278 e. The fourth-order valence-electron chi connectivity index (χ4n) is 10.7. The Bertz CT molecular complexity index is 3720. The Hall–Kier alpha value is -6.99. The van der Waals surface area contributed by atoms with Crippen LogP contribution < -0.4 is 4.90 Å². The zero-order valence-electron chi connectivity index (χ0n) is 35.3. The SMILES string of the molecule is CC1(C)c2ccccc2-c2ccc(N(c3nc(-c4ccc5sc6ccccc6c5c4)nc(-c4cccc5c4C(C)(C)c4ccccc4-5)n3)c3cccc4sc5ccccc5c34)cc21. The molecule has 8 aromatic carbocycles. The lowest BCUT2D eigenvalue weighted by Gasteiger charge is -2.28. The van der Waals surface area contributed by atoms with Crippen LogP contribution in [0.2, 0.25) is 0 Å². The maximum atomic E-state index is 5.64. The highest BCUT2D eigenvalue weighted by Crippen LogP contribution is 2.54. The molecule has 6 heteroatoms. The lowest BCUT2D eigenvalue weighted by atomic mass is 9.80. The van der Waals surface area contributed by atoms with Crippen LogP contribution in [0.1, 0.15) is 49.9 Å². The van der Waals surface area contributed by atoms with Gasteiger partial charge in [0.25, 0.3) is 0 Å². The predicted molar refractivity (Wildman–Crippen MR) is 266 cm³/mol. The molecule has 0 aliphatic heterocycles. The third kappa shape index (κ3) is 5.29. The van der Waals surface area contributed by atoms with E-state index < -0.39 is 0 Å². The molecule has 0 spiro atoms. The van der Waals surface area contributed by atoms with E-state index in [0.29, 0.717) is 17.6 Å². The molecule has 300 valence electrons. The number of nitrogens with zero attached hydrogens (tertiary/aromatic N) is 4. The number of thiophene rings is 2. The summed E-state index contributed by atoms with van der Waals surface area (Å²) < 4.78 is 4.99. The predicted octanol–water partition coefficient (Wildman–Crippen LogP) is 16.0. The molecule has 2 aliphatic carbocycles. The van der Waals surface area contributed by atoms with Gasteiger partial charge < -0.3 is 0 Å². The van der Waals surface area contributed by atoms with Crippen LogP contribution in [0, 0.1) is 0 Å². The summed E-state index contributed by atoms with van der Waals surface area (Å²) in [6.07, 6.45) is 0. The highest BCUT2D eigenvalue weighted by Gasteiger charge is 2.39. The van der Waals surface area contributed by atoms with Gasteiger partial charge >= 0.3 is 0 Å². The van der Waals surface area contributed by atoms with E-state index in [1.54, 1.807) is 0 Å². The van der Waals surface area contributed by atoms with E-state index in [2.05, 4.69) is 202 Å². The van der Waals surface area contributed by atoms with Crippen LogP contribution in [-0.4, -0.2) is 15.0 Å². The molecule has 2 aliphatic rings. The molecular formula is C57H40N4S2. The highest BCUT2D eigenvalue weighted by atomic mass is 32.1. The molecule has 0 bridgehead atoms. The van der Waals surface area contributed by atoms with Crippen molar-refractivity contribution in [1.82, 2.24) is 15.0 Å². The molecule has 63 heavy (non-hydrogen) atoms. The topological polar surface area (TPSA) is 41.9 Å². The minimum atomic E-state index is -0.272. The quantitative estimate of drug-likeness (QED) is 0.173. The Morgan fingerprint density at radius 1 is 0.413 bits per heavy atom. The first-order valence-electron chi connectivity index (χ1n) is 21.6. The lowest BCUT2D eigenvalue weighted by Crippen LogP contribution is -2.19. The zero-order chi connectivity index (χ0) is 42.2. The molecular weight excluding hydrogens is 805 g/mol. The molecule has 11 aromatic rings. The average molecular weight is 845 g/mol. The monoisotopic (exact) mass is 844 g/mol. The Kier molecular flexibility index (Phi) is 7.71. The number of hydrogen-bond donors (Lipinski definition) is 0. The molecule has 0 amide bonds. The van der Waals surface area contributed by atoms with Gasteiger partial charge in [-0.2, -0.15) is 9.97 Å². The van der Waals surface area contributed by atoms with E-state index in [4.69, 9.17) is 15.0 Å². The molecule has 0 unspecified atom stereocenters. The van der Waals surface area contributed by atoms with Crippen molar-refractivity contribution in [3.8, 4) is 45.0 Å². The fourth-order valence-corrected chi connectivity index (χ4v) is 13.0. The summed E-state index contributed by atoms with van der Waals surface area (Å²) in [4.78, 5) is 19.0. The van der Waals surface area contributed by atoms with Gasteiger partial charge in [-0.25, -0.2) is 4.98 Å². The van der Waals surface area contributed by atoms with Gasteiger partial charge in [0, 0.05) is 68.0 Å². The zero-order valence-corrected chi connectivity index (χ0v) is 36.9. The smallest absolute Gasteiger partial charge is 0.238 e. The summed E-state index contributed by atoms with van der Waals surface area (Å²) in [7, 11) is 0. The van der Waals surface area contributed by atoms with E-state index in [1.165, 1.54) is 84.9 Å². The molecule has 3 aromatic heterocycles. The van der Waals surface area contributed by atoms with Crippen LogP contribution in [0.3, 0.4) is 0 Å². The van der Waals surface area contributed by atoms with Crippen LogP contribution in [0.5, 0.6) is 0 Å². The molecule has 3 heterocycles. The van der Waals surface area contributed by atoms with E-state index in [1.807, 2.05) is 22.7 Å². The van der Waals surface area contributed by atoms with Gasteiger partial charge in [-0.3, -0.25) is 4.90 Å². The van der Waals surface area contributed by atoms with Crippen LogP contribution in [0.25, 0.3) is 85.4 Å². The first-order chi connectivity index (χ1) is 30.7. The third-order valence-corrected chi connectivity index (χ3v) is 16.0. The number of fused-ring (bicyclic) bond motifs is 12. The second-order valence-electron chi connectivity index (χ2n) is 18.0. The first-order valence-corrected chi connectivity index (χ1v) is 23.2. The average Bonchev–Trinajstić information content (AvgIpc) is 4.02. The van der Waals surface area contributed by atoms with Gasteiger partial charge in [0.1, 0.15) is 0 Å². The van der Waals surface area contributed by atoms with Crippen LogP contribution in [0.15, 0.2) is 170 Å². The number of aromatic nitrogens is 3. The van der Waals surface area contributed by atoms with Crippen molar-refractivity contribution in [2.75, 3.05) is 4.90 Å². The summed E-state index contributed by atoms with van der Waals surface area (Å²) in [5.74, 6) is 1.87. The summed E-state index contributed by atoms with van der Waals surface area (Å²) in [5, 5.41) is 4.86. The van der Waals surface area contributed by atoms with Gasteiger partial charge in [-0.05, 0) is 99.1 Å². The highest BCUT2D eigenvalue weighted by molar-refractivity contribution is 7.26. The molecule has 4 nitrogen and oxygen atoms in total. The van der Waals surface area contributed by atoms with Gasteiger partial charge in [-0.15, -0.1) is 22.7 Å². The summed E-state index contributed by atoms with van der Waals surface area (Å²) >= 11 is 3.65. The standard InChI is InChI=1S/C57H40N4S2/c1-56(2)43-21-9-5-15-35(43)37-29-28-34(32-45(37)56)61(46-23-14-26-50-51(46)40-18-8-12-25-48(40)63-50)55-59-53(33-27-30-49-42(31-33)38-17-7-11-24-47(38)62-49)58-54(60-55)41-20-13-19-39-36-16-6-10-22-44(36)57(3,4)52(39)41/h5-32H,1-4H3. The van der Waals surface area contributed by atoms with Crippen LogP contribution in [0.4, 0.5) is 17.3 Å². The minimum absolute atomic E-state index is 0.200. The molecule has 13 rings (SSSR count). The summed E-state index contributed by atoms with van der Waals surface area (Å²) in [5.41, 5.74) is 13.8. The van der Waals surface area contributed by atoms with E-state index in [9.17, 15) is 0 Å². The van der Waals surface area contributed by atoms with Crippen molar-refractivity contribution >= 4 is 80.3 Å². The molecule has 0 saturated heterocycles. The summed E-state index contributed by atoms with van der Waals surface area (Å²) in [6.45, 7) is 9.35. The van der Waals surface area contributed by atoms with Crippen molar-refractivity contribution in [1.29, 1.82) is 0 Å². The first kappa shape index (κ1) is 36.6. The largest absolute Gasteiger partial charge is 0.278 e. The Morgan fingerprint density at radius 3 is 1.83 bits per heavy atom. The van der Waals surface area contributed by atoms with Crippen LogP contribution in [-0.2, 0) is 10.8 Å². The Morgan fingerprint density at radius 2 is 1.00 bits per heavy atom. The summed E-state index contributed by atoms with van der Waals surface area (Å²) in [6, 6.07) is 62.0. The second kappa shape index (κ2) is 13.3. The number of benzene rings is 8. The Balaban J connectivity index is 1.11. The fraction of sp³-hybridized carbons (Fsp3) is 0.105. The number of hydrogen-bond acceptors (Lipinski definition) is 6. The van der Waals surface area contributed by atoms with Crippen molar-refractivity contribution in [2.45, 2.75) is 38.5 Å². The van der Waals surface area contributed by atoms with Crippen molar-refractivity contribution in [2.24, 2.45) is 0 Å². The molecule has 0 N–H and O–H groups in total. The third-order valence-electron chi connectivity index (χ3n) is 13.7. The number of rotatable bonds is 5. The van der Waals surface area contributed by atoms with E-state index in [-0.39, 0.29) is 10.8 Å². The van der Waals surface area contributed by atoms with Crippen molar-refractivity contribution < 1.29 is 0 Å². The van der Waals surface area contributed by atoms with Gasteiger partial charge in [-0.1, -0.05) is 143 Å². The molecule has 0 saturated carbocycles. The molecule has 0 radical (unpaired) electrons. The number of anilines is 3.